The molecule has 2 aromatic rings. The summed E-state index contributed by atoms with van der Waals surface area (Å²) in [6.07, 6.45) is 0. The zero-order valence-corrected chi connectivity index (χ0v) is 12.7. The fraction of sp³-hybridized carbons (Fsp3) is 0.333. The highest BCUT2D eigenvalue weighted by atomic mass is 16.5. The van der Waals surface area contributed by atoms with E-state index in [0.717, 1.165) is 17.0 Å². The number of rotatable bonds is 4. The molecular weight excluding hydrogens is 268 g/mol. The van der Waals surface area contributed by atoms with Crippen molar-refractivity contribution in [3.63, 3.8) is 0 Å². The highest BCUT2D eigenvalue weighted by Gasteiger charge is 2.18. The monoisotopic (exact) mass is 288 g/mol. The van der Waals surface area contributed by atoms with E-state index in [2.05, 4.69) is 15.8 Å². The van der Waals surface area contributed by atoms with Gasteiger partial charge in [-0.2, -0.15) is 0 Å². The summed E-state index contributed by atoms with van der Waals surface area (Å²) < 4.78 is 5.18. The Balaban J connectivity index is 2.35. The molecule has 6 nitrogen and oxygen atoms in total. The van der Waals surface area contributed by atoms with Gasteiger partial charge in [-0.05, 0) is 39.0 Å². The van der Waals surface area contributed by atoms with Gasteiger partial charge >= 0.3 is 0 Å². The summed E-state index contributed by atoms with van der Waals surface area (Å²) in [5, 5.41) is 9.88. The van der Waals surface area contributed by atoms with Gasteiger partial charge in [-0.3, -0.25) is 4.79 Å². The normalized spacial score (nSPS) is 12.0. The SMILES string of the molecule is CNC(=O)c1ccc(N)cc1NC(C)c1c(C)noc1C. The van der Waals surface area contributed by atoms with Crippen LogP contribution in [0.2, 0.25) is 0 Å². The van der Waals surface area contributed by atoms with Crippen molar-refractivity contribution in [3.8, 4) is 0 Å². The summed E-state index contributed by atoms with van der Waals surface area (Å²) in [7, 11) is 1.60. The van der Waals surface area contributed by atoms with Gasteiger partial charge in [0, 0.05) is 24.0 Å². The summed E-state index contributed by atoms with van der Waals surface area (Å²) in [5.41, 5.74) is 9.46. The zero-order valence-electron chi connectivity index (χ0n) is 12.7. The molecule has 112 valence electrons. The quantitative estimate of drug-likeness (QED) is 0.751. The molecule has 0 saturated carbocycles. The molecule has 0 radical (unpaired) electrons. The van der Waals surface area contributed by atoms with Crippen LogP contribution in [0.4, 0.5) is 11.4 Å². The van der Waals surface area contributed by atoms with Crippen LogP contribution in [-0.4, -0.2) is 18.1 Å². The molecule has 6 heteroatoms. The van der Waals surface area contributed by atoms with Gasteiger partial charge in [-0.25, -0.2) is 0 Å². The first-order chi connectivity index (χ1) is 9.93. The molecule has 0 bridgehead atoms. The molecule has 4 N–H and O–H groups in total. The Morgan fingerprint density at radius 2 is 2.10 bits per heavy atom. The molecule has 1 atom stereocenters. The third kappa shape index (κ3) is 2.99. The van der Waals surface area contributed by atoms with E-state index < -0.39 is 0 Å². The molecular formula is C15H20N4O2. The highest BCUT2D eigenvalue weighted by molar-refractivity contribution is 6.00. The van der Waals surface area contributed by atoms with Crippen molar-refractivity contribution < 1.29 is 9.32 Å². The average molecular weight is 288 g/mol. The van der Waals surface area contributed by atoms with E-state index in [4.69, 9.17) is 10.3 Å². The number of aryl methyl sites for hydroxylation is 2. The maximum absolute atomic E-state index is 11.9. The average Bonchev–Trinajstić information content (AvgIpc) is 2.77. The number of nitrogens with one attached hydrogen (secondary N) is 2. The number of nitrogens with two attached hydrogens (primary N) is 1. The van der Waals surface area contributed by atoms with Crippen LogP contribution in [0, 0.1) is 13.8 Å². The lowest BCUT2D eigenvalue weighted by Crippen LogP contribution is -2.20. The number of anilines is 2. The molecule has 1 aromatic carbocycles. The van der Waals surface area contributed by atoms with Crippen LogP contribution >= 0.6 is 0 Å². The van der Waals surface area contributed by atoms with Crippen LogP contribution in [0.25, 0.3) is 0 Å². The Hall–Kier alpha value is -2.50. The number of aromatic nitrogens is 1. The van der Waals surface area contributed by atoms with E-state index in [1.54, 1.807) is 25.2 Å². The van der Waals surface area contributed by atoms with Gasteiger partial charge in [0.2, 0.25) is 0 Å². The molecule has 2 rings (SSSR count). The number of hydrogen-bond acceptors (Lipinski definition) is 5. The van der Waals surface area contributed by atoms with Crippen molar-refractivity contribution in [1.29, 1.82) is 0 Å². The smallest absolute Gasteiger partial charge is 0.253 e. The molecule has 21 heavy (non-hydrogen) atoms. The van der Waals surface area contributed by atoms with Gasteiger partial charge in [0.25, 0.3) is 5.91 Å². The molecule has 0 aliphatic rings. The maximum Gasteiger partial charge on any atom is 0.253 e. The number of amides is 1. The Kier molecular flexibility index (Phi) is 4.16. The largest absolute Gasteiger partial charge is 0.399 e. The first kappa shape index (κ1) is 14.9. The summed E-state index contributed by atoms with van der Waals surface area (Å²) in [5.74, 6) is 0.598. The lowest BCUT2D eigenvalue weighted by Gasteiger charge is -2.18. The van der Waals surface area contributed by atoms with E-state index >= 15 is 0 Å². The van der Waals surface area contributed by atoms with Crippen molar-refractivity contribution in [2.75, 3.05) is 18.1 Å². The minimum Gasteiger partial charge on any atom is -0.399 e. The van der Waals surface area contributed by atoms with Crippen LogP contribution in [0.3, 0.4) is 0 Å². The van der Waals surface area contributed by atoms with Crippen LogP contribution in [0.5, 0.6) is 0 Å². The van der Waals surface area contributed by atoms with Crippen molar-refractivity contribution in [2.45, 2.75) is 26.8 Å². The summed E-state index contributed by atoms with van der Waals surface area (Å²) >= 11 is 0. The van der Waals surface area contributed by atoms with Crippen LogP contribution in [0.1, 0.15) is 40.3 Å². The minimum atomic E-state index is -0.163. The second-order valence-corrected chi connectivity index (χ2v) is 4.99. The molecule has 1 heterocycles. The fourth-order valence-electron chi connectivity index (χ4n) is 2.43. The Bertz CT molecular complexity index is 644. The molecule has 0 aliphatic heterocycles. The van der Waals surface area contributed by atoms with E-state index in [1.165, 1.54) is 0 Å². The van der Waals surface area contributed by atoms with Gasteiger partial charge in [-0.1, -0.05) is 5.16 Å². The number of nitrogens with zero attached hydrogens (tertiary/aromatic N) is 1. The molecule has 0 saturated heterocycles. The van der Waals surface area contributed by atoms with Crippen LogP contribution in [-0.2, 0) is 0 Å². The lowest BCUT2D eigenvalue weighted by atomic mass is 10.0. The topological polar surface area (TPSA) is 93.2 Å². The van der Waals surface area contributed by atoms with Crippen molar-refractivity contribution in [3.05, 3.63) is 40.8 Å². The lowest BCUT2D eigenvalue weighted by molar-refractivity contribution is 0.0964. The standard InChI is InChI=1S/C15H20N4O2/c1-8(14-9(2)19-21-10(14)3)18-13-7-11(16)5-6-12(13)15(20)17-4/h5-8,18H,16H2,1-4H3,(H,17,20). The third-order valence-electron chi connectivity index (χ3n) is 3.41. The first-order valence-corrected chi connectivity index (χ1v) is 6.75. The number of benzene rings is 1. The van der Waals surface area contributed by atoms with Crippen molar-refractivity contribution in [1.82, 2.24) is 10.5 Å². The van der Waals surface area contributed by atoms with E-state index in [9.17, 15) is 4.79 Å². The zero-order chi connectivity index (χ0) is 15.6. The van der Waals surface area contributed by atoms with Crippen LogP contribution in [0.15, 0.2) is 22.7 Å². The second kappa shape index (κ2) is 5.87. The first-order valence-electron chi connectivity index (χ1n) is 6.75. The van der Waals surface area contributed by atoms with Crippen LogP contribution < -0.4 is 16.4 Å². The van der Waals surface area contributed by atoms with Gasteiger partial charge in [0.1, 0.15) is 5.76 Å². The number of hydrogen-bond donors (Lipinski definition) is 3. The van der Waals surface area contributed by atoms with Gasteiger partial charge < -0.3 is 20.9 Å². The predicted octanol–water partition coefficient (Wildman–Crippen LogP) is 2.41. The highest BCUT2D eigenvalue weighted by Crippen LogP contribution is 2.28. The van der Waals surface area contributed by atoms with E-state index in [0.29, 0.717) is 16.9 Å². The van der Waals surface area contributed by atoms with Gasteiger partial charge in [0.05, 0.1) is 17.3 Å². The number of carbonyl (C=O) groups is 1. The van der Waals surface area contributed by atoms with Gasteiger partial charge in [-0.15, -0.1) is 0 Å². The van der Waals surface area contributed by atoms with Crippen molar-refractivity contribution in [2.24, 2.45) is 0 Å². The second-order valence-electron chi connectivity index (χ2n) is 4.99. The summed E-state index contributed by atoms with van der Waals surface area (Å²) in [6, 6.07) is 5.10. The van der Waals surface area contributed by atoms with Crippen molar-refractivity contribution >= 4 is 17.3 Å². The Labute approximate surface area is 123 Å². The molecule has 0 spiro atoms. The summed E-state index contributed by atoms with van der Waals surface area (Å²) in [6.45, 7) is 5.75. The Morgan fingerprint density at radius 3 is 2.67 bits per heavy atom. The molecule has 1 aromatic heterocycles. The van der Waals surface area contributed by atoms with Gasteiger partial charge in [0.15, 0.2) is 0 Å². The Morgan fingerprint density at radius 1 is 1.38 bits per heavy atom. The maximum atomic E-state index is 11.9. The number of nitrogen functional groups attached to an aromatic ring is 1. The predicted molar refractivity (Wildman–Crippen MR) is 82.3 cm³/mol. The number of carbonyl (C=O) groups excluding carboxylic acids is 1. The fourth-order valence-corrected chi connectivity index (χ4v) is 2.43. The molecule has 1 unspecified atom stereocenters. The summed E-state index contributed by atoms with van der Waals surface area (Å²) in [4.78, 5) is 11.9. The van der Waals surface area contributed by atoms with E-state index in [1.807, 2.05) is 20.8 Å². The molecule has 0 aliphatic carbocycles. The minimum absolute atomic E-state index is 0.0542. The van der Waals surface area contributed by atoms with E-state index in [-0.39, 0.29) is 11.9 Å². The molecule has 1 amide bonds. The molecule has 0 fully saturated rings. The third-order valence-corrected chi connectivity index (χ3v) is 3.41.